The standard InChI is InChI=1S/C15H18ClN3O/c1-10(2)20-12-5-3-11(4-6-12)15(19-17)13-7-8-18-9-14(13)16/h3-10,15,19H,17H2,1-2H3. The van der Waals surface area contributed by atoms with Crippen LogP contribution in [0.1, 0.15) is 31.0 Å². The van der Waals surface area contributed by atoms with E-state index in [1.165, 1.54) is 0 Å². The molecule has 1 aromatic heterocycles. The van der Waals surface area contributed by atoms with Gasteiger partial charge in [0.05, 0.1) is 17.2 Å². The zero-order valence-electron chi connectivity index (χ0n) is 11.5. The first kappa shape index (κ1) is 14.8. The number of rotatable bonds is 5. The SMILES string of the molecule is CC(C)Oc1ccc(C(NN)c2ccncc2Cl)cc1. The molecule has 0 radical (unpaired) electrons. The van der Waals surface area contributed by atoms with Gasteiger partial charge in [0.25, 0.3) is 0 Å². The summed E-state index contributed by atoms with van der Waals surface area (Å²) in [6.45, 7) is 3.99. The zero-order chi connectivity index (χ0) is 14.5. The Hall–Kier alpha value is -1.62. The average molecular weight is 292 g/mol. The average Bonchev–Trinajstić information content (AvgIpc) is 2.43. The number of hydrazine groups is 1. The molecule has 0 saturated heterocycles. The van der Waals surface area contributed by atoms with Crippen molar-refractivity contribution in [3.63, 3.8) is 0 Å². The van der Waals surface area contributed by atoms with Crippen molar-refractivity contribution in [1.82, 2.24) is 10.4 Å². The van der Waals surface area contributed by atoms with Gasteiger partial charge in [0.1, 0.15) is 5.75 Å². The highest BCUT2D eigenvalue weighted by Crippen LogP contribution is 2.28. The van der Waals surface area contributed by atoms with Crippen molar-refractivity contribution in [1.29, 1.82) is 0 Å². The van der Waals surface area contributed by atoms with E-state index < -0.39 is 0 Å². The molecule has 106 valence electrons. The van der Waals surface area contributed by atoms with Crippen LogP contribution in [-0.4, -0.2) is 11.1 Å². The molecular formula is C15H18ClN3O. The van der Waals surface area contributed by atoms with Gasteiger partial charge in [-0.05, 0) is 43.2 Å². The van der Waals surface area contributed by atoms with Gasteiger partial charge in [0.15, 0.2) is 0 Å². The lowest BCUT2D eigenvalue weighted by Gasteiger charge is -2.18. The molecule has 1 unspecified atom stereocenters. The fraction of sp³-hybridized carbons (Fsp3) is 0.267. The maximum absolute atomic E-state index is 6.17. The first-order chi connectivity index (χ1) is 9.61. The fourth-order valence-electron chi connectivity index (χ4n) is 2.00. The molecule has 0 spiro atoms. The molecule has 0 fully saturated rings. The van der Waals surface area contributed by atoms with Crippen LogP contribution in [0, 0.1) is 0 Å². The van der Waals surface area contributed by atoms with E-state index in [0.717, 1.165) is 16.9 Å². The van der Waals surface area contributed by atoms with Gasteiger partial charge in [-0.1, -0.05) is 23.7 Å². The van der Waals surface area contributed by atoms with Crippen LogP contribution in [0.15, 0.2) is 42.7 Å². The van der Waals surface area contributed by atoms with E-state index in [0.29, 0.717) is 5.02 Å². The van der Waals surface area contributed by atoms with Crippen molar-refractivity contribution in [2.45, 2.75) is 26.0 Å². The summed E-state index contributed by atoms with van der Waals surface area (Å²) < 4.78 is 5.62. The highest BCUT2D eigenvalue weighted by atomic mass is 35.5. The number of nitrogens with one attached hydrogen (secondary N) is 1. The molecule has 1 heterocycles. The normalized spacial score (nSPS) is 12.4. The summed E-state index contributed by atoms with van der Waals surface area (Å²) in [5.74, 6) is 6.50. The van der Waals surface area contributed by atoms with Crippen LogP contribution in [0.2, 0.25) is 5.02 Å². The van der Waals surface area contributed by atoms with Crippen LogP contribution < -0.4 is 16.0 Å². The van der Waals surface area contributed by atoms with Crippen LogP contribution in [0.5, 0.6) is 5.75 Å². The topological polar surface area (TPSA) is 60.2 Å². The van der Waals surface area contributed by atoms with Crippen LogP contribution in [0.25, 0.3) is 0 Å². The number of halogens is 1. The van der Waals surface area contributed by atoms with Gasteiger partial charge < -0.3 is 4.74 Å². The molecule has 2 aromatic rings. The molecule has 0 aliphatic carbocycles. The Morgan fingerprint density at radius 1 is 1.20 bits per heavy atom. The van der Waals surface area contributed by atoms with E-state index in [1.807, 2.05) is 44.2 Å². The van der Waals surface area contributed by atoms with Crippen LogP contribution in [0.4, 0.5) is 0 Å². The van der Waals surface area contributed by atoms with E-state index in [4.69, 9.17) is 22.2 Å². The molecule has 0 aliphatic rings. The quantitative estimate of drug-likeness (QED) is 0.656. The second-order valence-electron chi connectivity index (χ2n) is 4.73. The third-order valence-electron chi connectivity index (χ3n) is 2.87. The number of ether oxygens (including phenoxy) is 1. The maximum Gasteiger partial charge on any atom is 0.119 e. The summed E-state index contributed by atoms with van der Waals surface area (Å²) in [4.78, 5) is 3.98. The lowest BCUT2D eigenvalue weighted by atomic mass is 10.0. The van der Waals surface area contributed by atoms with Crippen LogP contribution in [-0.2, 0) is 0 Å². The lowest BCUT2D eigenvalue weighted by Crippen LogP contribution is -2.29. The van der Waals surface area contributed by atoms with Crippen molar-refractivity contribution in [2.75, 3.05) is 0 Å². The monoisotopic (exact) mass is 291 g/mol. The fourth-order valence-corrected chi connectivity index (χ4v) is 2.23. The molecule has 2 rings (SSSR count). The zero-order valence-corrected chi connectivity index (χ0v) is 12.3. The number of nitrogens with two attached hydrogens (primary N) is 1. The Morgan fingerprint density at radius 3 is 2.45 bits per heavy atom. The summed E-state index contributed by atoms with van der Waals surface area (Å²) in [6.07, 6.45) is 3.46. The highest BCUT2D eigenvalue weighted by Gasteiger charge is 2.15. The molecule has 3 N–H and O–H groups in total. The van der Waals surface area contributed by atoms with E-state index in [1.54, 1.807) is 12.4 Å². The predicted octanol–water partition coefficient (Wildman–Crippen LogP) is 3.07. The third-order valence-corrected chi connectivity index (χ3v) is 3.18. The Kier molecular flexibility index (Phi) is 4.95. The van der Waals surface area contributed by atoms with Crippen molar-refractivity contribution in [2.24, 2.45) is 5.84 Å². The number of benzene rings is 1. The molecule has 0 aliphatic heterocycles. The number of hydrogen-bond donors (Lipinski definition) is 2. The van der Waals surface area contributed by atoms with E-state index in [-0.39, 0.29) is 12.1 Å². The molecule has 0 bridgehead atoms. The number of aromatic nitrogens is 1. The highest BCUT2D eigenvalue weighted by molar-refractivity contribution is 6.31. The maximum atomic E-state index is 6.17. The number of nitrogens with zero attached hydrogens (tertiary/aromatic N) is 1. The summed E-state index contributed by atoms with van der Waals surface area (Å²) in [6, 6.07) is 9.46. The van der Waals surface area contributed by atoms with E-state index >= 15 is 0 Å². The summed E-state index contributed by atoms with van der Waals surface area (Å²) >= 11 is 6.17. The Balaban J connectivity index is 2.26. The van der Waals surface area contributed by atoms with Gasteiger partial charge in [-0.2, -0.15) is 0 Å². The summed E-state index contributed by atoms with van der Waals surface area (Å²) in [5, 5.41) is 0.581. The second kappa shape index (κ2) is 6.70. The van der Waals surface area contributed by atoms with Gasteiger partial charge in [-0.15, -0.1) is 0 Å². The first-order valence-corrected chi connectivity index (χ1v) is 6.81. The minimum Gasteiger partial charge on any atom is -0.491 e. The summed E-state index contributed by atoms with van der Waals surface area (Å²) in [5.41, 5.74) is 4.68. The Labute approximate surface area is 123 Å². The predicted molar refractivity (Wildman–Crippen MR) is 80.6 cm³/mol. The van der Waals surface area contributed by atoms with Gasteiger partial charge in [0, 0.05) is 12.4 Å². The van der Waals surface area contributed by atoms with Crippen molar-refractivity contribution in [3.8, 4) is 5.75 Å². The molecule has 0 saturated carbocycles. The van der Waals surface area contributed by atoms with E-state index in [2.05, 4.69) is 10.4 Å². The minimum absolute atomic E-state index is 0.152. The van der Waals surface area contributed by atoms with Crippen molar-refractivity contribution in [3.05, 3.63) is 58.9 Å². The first-order valence-electron chi connectivity index (χ1n) is 6.44. The third kappa shape index (κ3) is 3.48. The van der Waals surface area contributed by atoms with Crippen LogP contribution in [0.3, 0.4) is 0 Å². The van der Waals surface area contributed by atoms with Gasteiger partial charge >= 0.3 is 0 Å². The van der Waals surface area contributed by atoms with Crippen molar-refractivity contribution < 1.29 is 4.74 Å². The van der Waals surface area contributed by atoms with Gasteiger partial charge in [-0.25, -0.2) is 5.43 Å². The van der Waals surface area contributed by atoms with Crippen molar-refractivity contribution >= 4 is 11.6 Å². The number of pyridine rings is 1. The minimum atomic E-state index is -0.182. The molecule has 4 nitrogen and oxygen atoms in total. The lowest BCUT2D eigenvalue weighted by molar-refractivity contribution is 0.242. The van der Waals surface area contributed by atoms with Gasteiger partial charge in [-0.3, -0.25) is 10.8 Å². The Bertz CT molecular complexity index is 557. The van der Waals surface area contributed by atoms with Gasteiger partial charge in [0.2, 0.25) is 0 Å². The molecule has 1 aromatic carbocycles. The smallest absolute Gasteiger partial charge is 0.119 e. The summed E-state index contributed by atoms with van der Waals surface area (Å²) in [7, 11) is 0. The van der Waals surface area contributed by atoms with E-state index in [9.17, 15) is 0 Å². The molecule has 5 heteroatoms. The molecule has 1 atom stereocenters. The second-order valence-corrected chi connectivity index (χ2v) is 5.14. The molecule has 20 heavy (non-hydrogen) atoms. The molecular weight excluding hydrogens is 274 g/mol. The molecule has 0 amide bonds. The Morgan fingerprint density at radius 2 is 1.90 bits per heavy atom. The van der Waals surface area contributed by atoms with Crippen LogP contribution >= 0.6 is 11.6 Å². The largest absolute Gasteiger partial charge is 0.491 e. The number of hydrogen-bond acceptors (Lipinski definition) is 4.